The second-order valence-corrected chi connectivity index (χ2v) is 5.57. The molecule has 18 heavy (non-hydrogen) atoms. The van der Waals surface area contributed by atoms with Crippen LogP contribution in [0.4, 0.5) is 0 Å². The third-order valence-electron chi connectivity index (χ3n) is 4.19. The van der Waals surface area contributed by atoms with Crippen molar-refractivity contribution in [2.75, 3.05) is 26.2 Å². The molecule has 0 aromatic heterocycles. The lowest BCUT2D eigenvalue weighted by Gasteiger charge is -2.35. The van der Waals surface area contributed by atoms with Crippen LogP contribution in [0.3, 0.4) is 0 Å². The molecule has 106 valence electrons. The van der Waals surface area contributed by atoms with Crippen LogP contribution in [0.15, 0.2) is 0 Å². The van der Waals surface area contributed by atoms with Crippen molar-refractivity contribution in [3.63, 3.8) is 0 Å². The van der Waals surface area contributed by atoms with Gasteiger partial charge >= 0.3 is 0 Å². The molecule has 0 aliphatic carbocycles. The van der Waals surface area contributed by atoms with Crippen LogP contribution in [-0.4, -0.2) is 37.3 Å². The fourth-order valence-electron chi connectivity index (χ4n) is 2.58. The van der Waals surface area contributed by atoms with Crippen molar-refractivity contribution < 1.29 is 9.90 Å². The van der Waals surface area contributed by atoms with Crippen LogP contribution in [0.25, 0.3) is 0 Å². The molecule has 1 rings (SSSR count). The Bertz CT molecular complexity index is 250. The van der Waals surface area contributed by atoms with Gasteiger partial charge in [0, 0.05) is 13.2 Å². The van der Waals surface area contributed by atoms with Gasteiger partial charge in [0.15, 0.2) is 0 Å². The van der Waals surface area contributed by atoms with E-state index in [1.54, 1.807) is 0 Å². The fraction of sp³-hybridized carbons (Fsp3) is 0.929. The monoisotopic (exact) mass is 256 g/mol. The fourth-order valence-corrected chi connectivity index (χ4v) is 2.58. The highest BCUT2D eigenvalue weighted by atomic mass is 16.3. The van der Waals surface area contributed by atoms with Crippen LogP contribution in [0.5, 0.6) is 0 Å². The summed E-state index contributed by atoms with van der Waals surface area (Å²) in [5.74, 6) is 0.559. The zero-order valence-corrected chi connectivity index (χ0v) is 11.8. The molecular weight excluding hydrogens is 228 g/mol. The number of hydrogen-bond acceptors (Lipinski definition) is 3. The molecule has 0 bridgehead atoms. The number of aliphatic hydroxyl groups is 1. The van der Waals surface area contributed by atoms with Gasteiger partial charge in [-0.05, 0) is 51.1 Å². The van der Waals surface area contributed by atoms with Gasteiger partial charge in [0.05, 0.1) is 5.41 Å². The molecule has 0 saturated carbocycles. The third-order valence-corrected chi connectivity index (χ3v) is 4.19. The molecule has 1 fully saturated rings. The van der Waals surface area contributed by atoms with E-state index < -0.39 is 0 Å². The lowest BCUT2D eigenvalue weighted by Crippen LogP contribution is -2.47. The van der Waals surface area contributed by atoms with E-state index in [-0.39, 0.29) is 17.9 Å². The molecule has 0 spiro atoms. The normalized spacial score (nSPS) is 20.4. The summed E-state index contributed by atoms with van der Waals surface area (Å²) in [6, 6.07) is 0. The Morgan fingerprint density at radius 1 is 1.44 bits per heavy atom. The Labute approximate surface area is 111 Å². The van der Waals surface area contributed by atoms with E-state index in [0.29, 0.717) is 5.92 Å². The SMILES string of the molecule is CCC1(C(=O)NCCCC(C)CO)CCNCC1. The van der Waals surface area contributed by atoms with Crippen LogP contribution >= 0.6 is 0 Å². The molecule has 4 heteroatoms. The predicted octanol–water partition coefficient (Wildman–Crippen LogP) is 1.29. The number of aliphatic hydroxyl groups excluding tert-OH is 1. The lowest BCUT2D eigenvalue weighted by molar-refractivity contribution is -0.132. The zero-order valence-electron chi connectivity index (χ0n) is 11.8. The van der Waals surface area contributed by atoms with Gasteiger partial charge in [-0.15, -0.1) is 0 Å². The van der Waals surface area contributed by atoms with Crippen LogP contribution in [0.2, 0.25) is 0 Å². The van der Waals surface area contributed by atoms with E-state index >= 15 is 0 Å². The second-order valence-electron chi connectivity index (χ2n) is 5.57. The van der Waals surface area contributed by atoms with Gasteiger partial charge in [-0.1, -0.05) is 13.8 Å². The number of piperidine rings is 1. The molecule has 3 N–H and O–H groups in total. The van der Waals surface area contributed by atoms with E-state index in [2.05, 4.69) is 17.6 Å². The minimum atomic E-state index is -0.145. The van der Waals surface area contributed by atoms with Crippen molar-refractivity contribution in [3.8, 4) is 0 Å². The van der Waals surface area contributed by atoms with Crippen LogP contribution in [0, 0.1) is 11.3 Å². The van der Waals surface area contributed by atoms with E-state index in [9.17, 15) is 4.79 Å². The first-order valence-corrected chi connectivity index (χ1v) is 7.24. The van der Waals surface area contributed by atoms with Gasteiger partial charge in [-0.25, -0.2) is 0 Å². The number of hydrogen-bond donors (Lipinski definition) is 3. The Balaban J connectivity index is 2.29. The first-order chi connectivity index (χ1) is 8.64. The quantitative estimate of drug-likeness (QED) is 0.602. The lowest BCUT2D eigenvalue weighted by atomic mass is 9.76. The summed E-state index contributed by atoms with van der Waals surface area (Å²) in [5.41, 5.74) is -0.145. The van der Waals surface area contributed by atoms with Gasteiger partial charge in [-0.2, -0.15) is 0 Å². The molecule has 1 amide bonds. The van der Waals surface area contributed by atoms with E-state index in [1.165, 1.54) is 0 Å². The largest absolute Gasteiger partial charge is 0.396 e. The summed E-state index contributed by atoms with van der Waals surface area (Å²) in [7, 11) is 0. The molecule has 1 heterocycles. The minimum Gasteiger partial charge on any atom is -0.396 e. The number of amides is 1. The number of nitrogens with one attached hydrogen (secondary N) is 2. The number of rotatable bonds is 7. The maximum Gasteiger partial charge on any atom is 0.226 e. The Morgan fingerprint density at radius 2 is 2.11 bits per heavy atom. The highest BCUT2D eigenvalue weighted by Gasteiger charge is 2.37. The molecule has 1 atom stereocenters. The molecule has 1 unspecified atom stereocenters. The Hall–Kier alpha value is -0.610. The summed E-state index contributed by atoms with van der Waals surface area (Å²) in [5, 5.41) is 15.3. The van der Waals surface area contributed by atoms with Gasteiger partial charge in [0.1, 0.15) is 0 Å². The van der Waals surface area contributed by atoms with Gasteiger partial charge in [0.2, 0.25) is 5.91 Å². The molecule has 1 aliphatic heterocycles. The summed E-state index contributed by atoms with van der Waals surface area (Å²) in [6.45, 7) is 7.00. The molecule has 4 nitrogen and oxygen atoms in total. The summed E-state index contributed by atoms with van der Waals surface area (Å²) < 4.78 is 0. The number of carbonyl (C=O) groups excluding carboxylic acids is 1. The highest BCUT2D eigenvalue weighted by Crippen LogP contribution is 2.32. The molecule has 0 radical (unpaired) electrons. The number of carbonyl (C=O) groups is 1. The summed E-state index contributed by atoms with van der Waals surface area (Å²) in [6.07, 6.45) is 4.74. The van der Waals surface area contributed by atoms with Crippen molar-refractivity contribution in [1.29, 1.82) is 0 Å². The summed E-state index contributed by atoms with van der Waals surface area (Å²) in [4.78, 5) is 12.3. The molecular formula is C14H28N2O2. The maximum absolute atomic E-state index is 12.3. The van der Waals surface area contributed by atoms with Crippen LogP contribution in [0.1, 0.15) is 46.0 Å². The van der Waals surface area contributed by atoms with Gasteiger partial charge in [0.25, 0.3) is 0 Å². The van der Waals surface area contributed by atoms with Crippen molar-refractivity contribution in [2.24, 2.45) is 11.3 Å². The molecule has 1 aliphatic rings. The van der Waals surface area contributed by atoms with Crippen LogP contribution < -0.4 is 10.6 Å². The van der Waals surface area contributed by atoms with Crippen molar-refractivity contribution in [1.82, 2.24) is 10.6 Å². The topological polar surface area (TPSA) is 61.4 Å². The Morgan fingerprint density at radius 3 is 2.67 bits per heavy atom. The van der Waals surface area contributed by atoms with Gasteiger partial charge in [-0.3, -0.25) is 4.79 Å². The second kappa shape index (κ2) is 7.74. The first-order valence-electron chi connectivity index (χ1n) is 7.24. The predicted molar refractivity (Wildman–Crippen MR) is 73.3 cm³/mol. The van der Waals surface area contributed by atoms with Crippen molar-refractivity contribution >= 4 is 5.91 Å². The van der Waals surface area contributed by atoms with Crippen molar-refractivity contribution in [3.05, 3.63) is 0 Å². The molecule has 1 saturated heterocycles. The zero-order chi connectivity index (χ0) is 13.4. The van der Waals surface area contributed by atoms with E-state index in [0.717, 1.165) is 51.7 Å². The highest BCUT2D eigenvalue weighted by molar-refractivity contribution is 5.82. The average Bonchev–Trinajstić information content (AvgIpc) is 2.43. The average molecular weight is 256 g/mol. The van der Waals surface area contributed by atoms with E-state index in [4.69, 9.17) is 5.11 Å². The third kappa shape index (κ3) is 4.25. The summed E-state index contributed by atoms with van der Waals surface area (Å²) >= 11 is 0. The van der Waals surface area contributed by atoms with Crippen molar-refractivity contribution in [2.45, 2.75) is 46.0 Å². The smallest absolute Gasteiger partial charge is 0.226 e. The molecule has 0 aromatic carbocycles. The Kier molecular flexibility index (Phi) is 6.65. The molecule has 0 aromatic rings. The maximum atomic E-state index is 12.3. The van der Waals surface area contributed by atoms with E-state index in [1.807, 2.05) is 6.92 Å². The van der Waals surface area contributed by atoms with Crippen LogP contribution in [-0.2, 0) is 4.79 Å². The minimum absolute atomic E-state index is 0.145. The van der Waals surface area contributed by atoms with Gasteiger partial charge < -0.3 is 15.7 Å². The standard InChI is InChI=1S/C14H28N2O2/c1-3-14(6-9-15-10-7-14)13(18)16-8-4-5-12(2)11-17/h12,15,17H,3-11H2,1-2H3,(H,16,18). The first kappa shape index (κ1) is 15.4.